The summed E-state index contributed by atoms with van der Waals surface area (Å²) in [6.07, 6.45) is 1.20. The van der Waals surface area contributed by atoms with E-state index in [1.54, 1.807) is 0 Å². The number of carbonyl (C=O) groups is 1. The topological polar surface area (TPSA) is 85.5 Å². The molecule has 0 spiro atoms. The zero-order valence-corrected chi connectivity index (χ0v) is 8.48. The predicted octanol–water partition coefficient (Wildman–Crippen LogP) is 1.23. The van der Waals surface area contributed by atoms with Gasteiger partial charge in [-0.2, -0.15) is 0 Å². The van der Waals surface area contributed by atoms with Gasteiger partial charge in [0.1, 0.15) is 6.10 Å². The van der Waals surface area contributed by atoms with E-state index in [1.807, 2.05) is 0 Å². The Balaban J connectivity index is 2.07. The lowest BCUT2D eigenvalue weighted by atomic mass is 10.2. The molecule has 0 radical (unpaired) electrons. The monoisotopic (exact) mass is 232 g/mol. The van der Waals surface area contributed by atoms with E-state index in [0.717, 1.165) is 12.8 Å². The molecule has 1 aromatic rings. The molecule has 1 aliphatic heterocycles. The number of hydrogen-bond acceptors (Lipinski definition) is 5. The van der Waals surface area contributed by atoms with E-state index < -0.39 is 11.9 Å². The molecule has 0 unspecified atom stereocenters. The first-order chi connectivity index (χ1) is 7.20. The molecule has 2 atom stereocenters. The summed E-state index contributed by atoms with van der Waals surface area (Å²) < 4.78 is 10.4. The Labute approximate surface area is 90.2 Å². The third kappa shape index (κ3) is 2.10. The van der Waals surface area contributed by atoms with Gasteiger partial charge in [0, 0.05) is 5.88 Å². The standard InChI is InChI=1S/C8H9ClN2O4/c9-3-4-1-2-5(14-4)6-10-11-7(15-6)8(12)13/h4-5H,1-3H2,(H,12,13)/t4-,5-/m0/s1. The number of ether oxygens (including phenoxy) is 1. The summed E-state index contributed by atoms with van der Waals surface area (Å²) in [6, 6.07) is 0. The molecule has 1 fully saturated rings. The highest BCUT2D eigenvalue weighted by Crippen LogP contribution is 2.32. The molecule has 82 valence electrons. The van der Waals surface area contributed by atoms with Gasteiger partial charge in [-0.15, -0.1) is 21.8 Å². The fourth-order valence-electron chi connectivity index (χ4n) is 1.45. The van der Waals surface area contributed by atoms with Gasteiger partial charge in [0.25, 0.3) is 0 Å². The molecule has 0 aliphatic carbocycles. The number of rotatable bonds is 3. The highest BCUT2D eigenvalue weighted by atomic mass is 35.5. The quantitative estimate of drug-likeness (QED) is 0.789. The zero-order valence-electron chi connectivity index (χ0n) is 7.72. The van der Waals surface area contributed by atoms with Gasteiger partial charge in [-0.1, -0.05) is 0 Å². The fourth-order valence-corrected chi connectivity index (χ4v) is 1.68. The largest absolute Gasteiger partial charge is 0.474 e. The van der Waals surface area contributed by atoms with Crippen molar-refractivity contribution in [3.63, 3.8) is 0 Å². The van der Waals surface area contributed by atoms with Crippen molar-refractivity contribution in [1.29, 1.82) is 0 Å². The molecule has 1 saturated heterocycles. The SMILES string of the molecule is O=C(O)c1nnc([C@@H]2CC[C@@H](CCl)O2)o1. The molecule has 1 N–H and O–H groups in total. The Kier molecular flexibility index (Phi) is 2.88. The number of nitrogens with zero attached hydrogens (tertiary/aromatic N) is 2. The first-order valence-electron chi connectivity index (χ1n) is 4.49. The molecule has 1 aromatic heterocycles. The van der Waals surface area contributed by atoms with E-state index in [2.05, 4.69) is 10.2 Å². The van der Waals surface area contributed by atoms with Crippen LogP contribution >= 0.6 is 11.6 Å². The molecule has 0 aromatic carbocycles. The van der Waals surface area contributed by atoms with Crippen LogP contribution in [-0.2, 0) is 4.74 Å². The lowest BCUT2D eigenvalue weighted by molar-refractivity contribution is 0.0387. The number of halogens is 1. The van der Waals surface area contributed by atoms with Crippen molar-refractivity contribution < 1.29 is 19.1 Å². The van der Waals surface area contributed by atoms with Crippen molar-refractivity contribution in [2.45, 2.75) is 25.0 Å². The van der Waals surface area contributed by atoms with Crippen LogP contribution in [0.4, 0.5) is 0 Å². The molecular formula is C8H9ClN2O4. The zero-order chi connectivity index (χ0) is 10.8. The van der Waals surface area contributed by atoms with Crippen LogP contribution in [0.1, 0.15) is 35.5 Å². The maximum absolute atomic E-state index is 10.5. The number of aromatic carboxylic acids is 1. The van der Waals surface area contributed by atoms with E-state index in [-0.39, 0.29) is 18.1 Å². The number of aromatic nitrogens is 2. The molecule has 6 nitrogen and oxygen atoms in total. The van der Waals surface area contributed by atoms with Crippen LogP contribution in [0, 0.1) is 0 Å². The molecule has 0 bridgehead atoms. The van der Waals surface area contributed by atoms with Gasteiger partial charge in [0.2, 0.25) is 5.89 Å². The van der Waals surface area contributed by atoms with E-state index in [4.69, 9.17) is 25.9 Å². The van der Waals surface area contributed by atoms with Crippen LogP contribution in [0.25, 0.3) is 0 Å². The van der Waals surface area contributed by atoms with Gasteiger partial charge in [-0.05, 0) is 12.8 Å². The summed E-state index contributed by atoms with van der Waals surface area (Å²) in [5, 5.41) is 15.6. The average molecular weight is 233 g/mol. The van der Waals surface area contributed by atoms with Gasteiger partial charge in [-0.3, -0.25) is 0 Å². The van der Waals surface area contributed by atoms with Crippen molar-refractivity contribution >= 4 is 17.6 Å². The maximum atomic E-state index is 10.5. The molecule has 0 amide bonds. The van der Waals surface area contributed by atoms with Crippen molar-refractivity contribution in [2.24, 2.45) is 0 Å². The summed E-state index contributed by atoms with van der Waals surface area (Å²) in [5.74, 6) is -1.03. The Morgan fingerprint density at radius 1 is 1.53 bits per heavy atom. The Hall–Kier alpha value is -1.14. The summed E-state index contributed by atoms with van der Waals surface area (Å²) in [7, 11) is 0. The first-order valence-corrected chi connectivity index (χ1v) is 5.02. The van der Waals surface area contributed by atoms with Crippen LogP contribution in [-0.4, -0.2) is 33.3 Å². The number of carboxylic acids is 1. The van der Waals surface area contributed by atoms with Crippen molar-refractivity contribution in [3.05, 3.63) is 11.8 Å². The van der Waals surface area contributed by atoms with E-state index >= 15 is 0 Å². The highest BCUT2D eigenvalue weighted by Gasteiger charge is 2.30. The van der Waals surface area contributed by atoms with E-state index in [1.165, 1.54) is 0 Å². The molecule has 2 rings (SSSR count). The Morgan fingerprint density at radius 3 is 2.87 bits per heavy atom. The molecule has 2 heterocycles. The van der Waals surface area contributed by atoms with E-state index in [0.29, 0.717) is 5.88 Å². The molecule has 7 heteroatoms. The van der Waals surface area contributed by atoms with Crippen LogP contribution < -0.4 is 0 Å². The van der Waals surface area contributed by atoms with Crippen LogP contribution in [0.3, 0.4) is 0 Å². The van der Waals surface area contributed by atoms with E-state index in [9.17, 15) is 4.79 Å². The second-order valence-electron chi connectivity index (χ2n) is 3.23. The summed E-state index contributed by atoms with van der Waals surface area (Å²) in [5.41, 5.74) is 0. The summed E-state index contributed by atoms with van der Waals surface area (Å²) in [4.78, 5) is 10.5. The van der Waals surface area contributed by atoms with Crippen molar-refractivity contribution in [1.82, 2.24) is 10.2 Å². The fraction of sp³-hybridized carbons (Fsp3) is 0.625. The number of hydrogen-bond donors (Lipinski definition) is 1. The van der Waals surface area contributed by atoms with Crippen molar-refractivity contribution in [2.75, 3.05) is 5.88 Å². The van der Waals surface area contributed by atoms with Crippen molar-refractivity contribution in [3.8, 4) is 0 Å². The number of alkyl halides is 1. The molecular weight excluding hydrogens is 224 g/mol. The lowest BCUT2D eigenvalue weighted by Crippen LogP contribution is -2.07. The molecule has 1 aliphatic rings. The second-order valence-corrected chi connectivity index (χ2v) is 3.54. The van der Waals surface area contributed by atoms with Gasteiger partial charge in [-0.25, -0.2) is 4.79 Å². The van der Waals surface area contributed by atoms with Gasteiger partial charge in [0.15, 0.2) is 0 Å². The van der Waals surface area contributed by atoms with Crippen LogP contribution in [0.5, 0.6) is 0 Å². The second kappa shape index (κ2) is 4.16. The minimum atomic E-state index is -1.24. The van der Waals surface area contributed by atoms with Gasteiger partial charge < -0.3 is 14.3 Å². The Bertz CT molecular complexity index is 367. The predicted molar refractivity (Wildman–Crippen MR) is 48.8 cm³/mol. The minimum Gasteiger partial charge on any atom is -0.474 e. The first kappa shape index (κ1) is 10.4. The molecule has 15 heavy (non-hydrogen) atoms. The van der Waals surface area contributed by atoms with Gasteiger partial charge >= 0.3 is 11.9 Å². The smallest absolute Gasteiger partial charge is 0.393 e. The highest BCUT2D eigenvalue weighted by molar-refractivity contribution is 6.18. The Morgan fingerprint density at radius 2 is 2.33 bits per heavy atom. The lowest BCUT2D eigenvalue weighted by Gasteiger charge is -2.06. The summed E-state index contributed by atoms with van der Waals surface area (Å²) >= 11 is 5.63. The minimum absolute atomic E-state index is 0.0168. The average Bonchev–Trinajstić information content (AvgIpc) is 2.86. The van der Waals surface area contributed by atoms with Gasteiger partial charge in [0.05, 0.1) is 6.10 Å². The third-order valence-corrected chi connectivity index (χ3v) is 2.52. The third-order valence-electron chi connectivity index (χ3n) is 2.18. The number of carboxylic acid groups (broad SMARTS) is 1. The van der Waals surface area contributed by atoms with Crippen LogP contribution in [0.15, 0.2) is 4.42 Å². The normalized spacial score (nSPS) is 25.7. The van der Waals surface area contributed by atoms with Crippen LogP contribution in [0.2, 0.25) is 0 Å². The summed E-state index contributed by atoms with van der Waals surface area (Å²) in [6.45, 7) is 0. The maximum Gasteiger partial charge on any atom is 0.393 e. The molecule has 0 saturated carbocycles.